The molecular formula is C9H13NO6. The molecule has 0 spiro atoms. The van der Waals surface area contributed by atoms with Gasteiger partial charge in [-0.2, -0.15) is 0 Å². The normalized spacial score (nSPS) is 21.4. The summed E-state index contributed by atoms with van der Waals surface area (Å²) in [6.45, 7) is 0.722. The molecule has 1 aliphatic heterocycles. The summed E-state index contributed by atoms with van der Waals surface area (Å²) in [5.41, 5.74) is 0. The Labute approximate surface area is 91.4 Å². The first-order chi connectivity index (χ1) is 7.50. The van der Waals surface area contributed by atoms with Gasteiger partial charge in [0.15, 0.2) is 0 Å². The molecular weight excluding hydrogens is 218 g/mol. The smallest absolute Gasteiger partial charge is 0.326 e. The standard InChI is InChI=1S/C9H13NO6/c11-7(12)3-6(9(14)15)10-8(13)5-1-2-16-4-5/h5-6H,1-4H2,(H,10,13)(H,11,12)(H,14,15)/t5-,6+/m1/s1. The largest absolute Gasteiger partial charge is 0.481 e. The van der Waals surface area contributed by atoms with Gasteiger partial charge < -0.3 is 20.3 Å². The van der Waals surface area contributed by atoms with Crippen LogP contribution in [0, 0.1) is 5.92 Å². The van der Waals surface area contributed by atoms with Gasteiger partial charge in [-0.25, -0.2) is 4.79 Å². The average Bonchev–Trinajstić information content (AvgIpc) is 2.68. The van der Waals surface area contributed by atoms with Gasteiger partial charge in [0.1, 0.15) is 6.04 Å². The topological polar surface area (TPSA) is 113 Å². The summed E-state index contributed by atoms with van der Waals surface area (Å²) >= 11 is 0. The van der Waals surface area contributed by atoms with Crippen molar-refractivity contribution in [1.82, 2.24) is 5.32 Å². The molecule has 1 fully saturated rings. The van der Waals surface area contributed by atoms with Crippen LogP contribution in [0.5, 0.6) is 0 Å². The van der Waals surface area contributed by atoms with Crippen molar-refractivity contribution < 1.29 is 29.3 Å². The number of ether oxygens (including phenoxy) is 1. The van der Waals surface area contributed by atoms with Crippen molar-refractivity contribution in [1.29, 1.82) is 0 Å². The Kier molecular flexibility index (Phi) is 4.24. The summed E-state index contributed by atoms with van der Waals surface area (Å²) in [7, 11) is 0. The highest BCUT2D eigenvalue weighted by Crippen LogP contribution is 2.12. The Morgan fingerprint density at radius 2 is 2.06 bits per heavy atom. The number of carbonyl (C=O) groups excluding carboxylic acids is 1. The van der Waals surface area contributed by atoms with Gasteiger partial charge in [0, 0.05) is 6.61 Å². The maximum atomic E-state index is 11.5. The molecule has 1 heterocycles. The number of amides is 1. The third-order valence-electron chi connectivity index (χ3n) is 2.29. The molecule has 3 N–H and O–H groups in total. The molecule has 16 heavy (non-hydrogen) atoms. The highest BCUT2D eigenvalue weighted by molar-refractivity contribution is 5.87. The van der Waals surface area contributed by atoms with Gasteiger partial charge in [0.2, 0.25) is 5.91 Å². The van der Waals surface area contributed by atoms with Crippen LogP contribution >= 0.6 is 0 Å². The molecule has 1 aliphatic rings. The van der Waals surface area contributed by atoms with Crippen LogP contribution in [-0.4, -0.2) is 47.3 Å². The lowest BCUT2D eigenvalue weighted by molar-refractivity contribution is -0.147. The van der Waals surface area contributed by atoms with Crippen molar-refractivity contribution >= 4 is 17.8 Å². The zero-order chi connectivity index (χ0) is 12.1. The maximum Gasteiger partial charge on any atom is 0.326 e. The van der Waals surface area contributed by atoms with Crippen molar-refractivity contribution in [3.05, 3.63) is 0 Å². The monoisotopic (exact) mass is 231 g/mol. The van der Waals surface area contributed by atoms with Crippen LogP contribution in [0.15, 0.2) is 0 Å². The quantitative estimate of drug-likeness (QED) is 0.563. The second-order valence-corrected chi connectivity index (χ2v) is 3.56. The molecule has 0 radical (unpaired) electrons. The van der Waals surface area contributed by atoms with E-state index in [2.05, 4.69) is 5.32 Å². The first-order valence-corrected chi connectivity index (χ1v) is 4.83. The molecule has 0 aromatic rings. The van der Waals surface area contributed by atoms with Gasteiger partial charge in [-0.3, -0.25) is 9.59 Å². The van der Waals surface area contributed by atoms with E-state index in [0.29, 0.717) is 13.0 Å². The Morgan fingerprint density at radius 1 is 1.38 bits per heavy atom. The fraction of sp³-hybridized carbons (Fsp3) is 0.667. The number of hydrogen-bond donors (Lipinski definition) is 3. The van der Waals surface area contributed by atoms with Crippen LogP contribution in [0.3, 0.4) is 0 Å². The van der Waals surface area contributed by atoms with E-state index >= 15 is 0 Å². The second-order valence-electron chi connectivity index (χ2n) is 3.56. The van der Waals surface area contributed by atoms with Crippen LogP contribution in [0.25, 0.3) is 0 Å². The summed E-state index contributed by atoms with van der Waals surface area (Å²) < 4.78 is 4.98. The molecule has 1 saturated heterocycles. The zero-order valence-electron chi connectivity index (χ0n) is 8.51. The highest BCUT2D eigenvalue weighted by atomic mass is 16.5. The van der Waals surface area contributed by atoms with E-state index in [0.717, 1.165) is 0 Å². The van der Waals surface area contributed by atoms with E-state index in [-0.39, 0.29) is 12.5 Å². The molecule has 0 saturated carbocycles. The summed E-state index contributed by atoms with van der Waals surface area (Å²) in [6.07, 6.45) is -0.0973. The molecule has 0 aromatic heterocycles. The molecule has 1 rings (SSSR count). The van der Waals surface area contributed by atoms with Gasteiger partial charge in [-0.15, -0.1) is 0 Å². The average molecular weight is 231 g/mol. The van der Waals surface area contributed by atoms with Crippen molar-refractivity contribution in [3.8, 4) is 0 Å². The number of rotatable bonds is 5. The summed E-state index contributed by atoms with van der Waals surface area (Å²) in [4.78, 5) is 32.5. The maximum absolute atomic E-state index is 11.5. The lowest BCUT2D eigenvalue weighted by atomic mass is 10.1. The van der Waals surface area contributed by atoms with E-state index in [1.165, 1.54) is 0 Å². The number of hydrogen-bond acceptors (Lipinski definition) is 4. The van der Waals surface area contributed by atoms with Crippen LogP contribution in [0.2, 0.25) is 0 Å². The highest BCUT2D eigenvalue weighted by Gasteiger charge is 2.29. The van der Waals surface area contributed by atoms with Crippen molar-refractivity contribution in [3.63, 3.8) is 0 Å². The van der Waals surface area contributed by atoms with E-state index in [4.69, 9.17) is 14.9 Å². The fourth-order valence-corrected chi connectivity index (χ4v) is 1.41. The van der Waals surface area contributed by atoms with Crippen LogP contribution in [0.1, 0.15) is 12.8 Å². The van der Waals surface area contributed by atoms with E-state index in [9.17, 15) is 14.4 Å². The molecule has 0 aromatic carbocycles. The van der Waals surface area contributed by atoms with E-state index in [1.54, 1.807) is 0 Å². The molecule has 90 valence electrons. The minimum atomic E-state index is -1.38. The van der Waals surface area contributed by atoms with Gasteiger partial charge in [0.05, 0.1) is 18.9 Å². The fourth-order valence-electron chi connectivity index (χ4n) is 1.41. The van der Waals surface area contributed by atoms with Crippen LogP contribution in [-0.2, 0) is 19.1 Å². The Hall–Kier alpha value is -1.63. The number of carboxylic acids is 2. The third kappa shape index (κ3) is 3.50. The molecule has 7 heteroatoms. The summed E-state index contributed by atoms with van der Waals surface area (Å²) in [5.74, 6) is -3.47. The van der Waals surface area contributed by atoms with E-state index < -0.39 is 30.3 Å². The third-order valence-corrected chi connectivity index (χ3v) is 2.29. The van der Waals surface area contributed by atoms with Gasteiger partial charge in [-0.05, 0) is 6.42 Å². The molecule has 7 nitrogen and oxygen atoms in total. The molecule has 0 unspecified atom stereocenters. The Morgan fingerprint density at radius 3 is 2.50 bits per heavy atom. The van der Waals surface area contributed by atoms with Gasteiger partial charge in [0.25, 0.3) is 0 Å². The minimum absolute atomic E-state index is 0.255. The van der Waals surface area contributed by atoms with E-state index in [1.807, 2.05) is 0 Å². The lowest BCUT2D eigenvalue weighted by Crippen LogP contribution is -2.44. The number of carbonyl (C=O) groups is 3. The summed E-state index contributed by atoms with van der Waals surface area (Å²) in [5, 5.41) is 19.4. The van der Waals surface area contributed by atoms with Gasteiger partial charge in [-0.1, -0.05) is 0 Å². The van der Waals surface area contributed by atoms with Crippen molar-refractivity contribution in [2.24, 2.45) is 5.92 Å². The molecule has 0 bridgehead atoms. The SMILES string of the molecule is O=C(O)C[C@H](NC(=O)[C@@H]1CCOC1)C(=O)O. The zero-order valence-corrected chi connectivity index (χ0v) is 8.51. The van der Waals surface area contributed by atoms with Crippen molar-refractivity contribution in [2.45, 2.75) is 18.9 Å². The Balaban J connectivity index is 2.50. The van der Waals surface area contributed by atoms with Crippen LogP contribution in [0.4, 0.5) is 0 Å². The molecule has 2 atom stereocenters. The van der Waals surface area contributed by atoms with Crippen LogP contribution < -0.4 is 5.32 Å². The first kappa shape index (κ1) is 12.4. The number of carboxylic acid groups (broad SMARTS) is 2. The predicted molar refractivity (Wildman–Crippen MR) is 50.7 cm³/mol. The number of aliphatic carboxylic acids is 2. The lowest BCUT2D eigenvalue weighted by Gasteiger charge is -2.14. The summed E-state index contributed by atoms with van der Waals surface area (Å²) in [6, 6.07) is -1.38. The first-order valence-electron chi connectivity index (χ1n) is 4.83. The Bertz CT molecular complexity index is 296. The number of nitrogens with one attached hydrogen (secondary N) is 1. The predicted octanol–water partition coefficient (Wildman–Crippen LogP) is -0.933. The second kappa shape index (κ2) is 5.45. The van der Waals surface area contributed by atoms with Crippen molar-refractivity contribution in [2.75, 3.05) is 13.2 Å². The molecule has 1 amide bonds. The van der Waals surface area contributed by atoms with Gasteiger partial charge >= 0.3 is 11.9 Å². The molecule has 0 aliphatic carbocycles. The minimum Gasteiger partial charge on any atom is -0.481 e.